The minimum Gasteiger partial charge on any atom is -0.203 e. The Morgan fingerprint density at radius 3 is 2.11 bits per heavy atom. The van der Waals surface area contributed by atoms with E-state index in [0.717, 1.165) is 18.3 Å². The lowest BCUT2D eigenvalue weighted by atomic mass is 9.78. The van der Waals surface area contributed by atoms with Crippen LogP contribution in [0.5, 0.6) is 0 Å². The number of hydrogen-bond acceptors (Lipinski definition) is 1. The maximum Gasteiger partial charge on any atom is 0.177 e. The highest BCUT2D eigenvalue weighted by Gasteiger charge is 2.20. The zero-order valence-electron chi connectivity index (χ0n) is 16.0. The van der Waals surface area contributed by atoms with Gasteiger partial charge in [0.15, 0.2) is 11.6 Å². The first-order valence-electron chi connectivity index (χ1n) is 10.1. The lowest BCUT2D eigenvalue weighted by Gasteiger charge is -2.28. The molecule has 0 heterocycles. The van der Waals surface area contributed by atoms with Crippen molar-refractivity contribution in [3.05, 3.63) is 59.2 Å². The molecule has 0 aromatic heterocycles. The Hall–Kier alpha value is -2.21. The molecule has 1 nitrogen and oxygen atoms in total. The van der Waals surface area contributed by atoms with Crippen molar-refractivity contribution < 1.29 is 8.78 Å². The Labute approximate surface area is 161 Å². The molecule has 2 aromatic rings. The molecule has 0 radical (unpaired) electrons. The van der Waals surface area contributed by atoms with Crippen LogP contribution in [0.15, 0.2) is 36.4 Å². The van der Waals surface area contributed by atoms with Gasteiger partial charge in [-0.15, -0.1) is 0 Å². The van der Waals surface area contributed by atoms with Crippen LogP contribution in [-0.4, -0.2) is 0 Å². The SMILES string of the molecule is CCCC1CCC(CCc2ccc(-c3ccc(C#N)c(F)c3F)cc2)CC1. The van der Waals surface area contributed by atoms with Gasteiger partial charge in [0.05, 0.1) is 5.56 Å². The molecule has 27 heavy (non-hydrogen) atoms. The maximum atomic E-state index is 14.2. The Morgan fingerprint density at radius 1 is 0.889 bits per heavy atom. The molecule has 0 spiro atoms. The lowest BCUT2D eigenvalue weighted by Crippen LogP contribution is -2.15. The van der Waals surface area contributed by atoms with Crippen molar-refractivity contribution in [1.29, 1.82) is 5.26 Å². The third-order valence-electron chi connectivity index (χ3n) is 5.97. The summed E-state index contributed by atoms with van der Waals surface area (Å²) < 4.78 is 28.0. The fourth-order valence-corrected chi connectivity index (χ4v) is 4.30. The first-order chi connectivity index (χ1) is 13.1. The van der Waals surface area contributed by atoms with E-state index in [1.807, 2.05) is 24.3 Å². The molecule has 1 saturated carbocycles. The Bertz CT molecular complexity index is 796. The van der Waals surface area contributed by atoms with Gasteiger partial charge >= 0.3 is 0 Å². The average Bonchev–Trinajstić information content (AvgIpc) is 2.70. The first kappa shape index (κ1) is 19.5. The van der Waals surface area contributed by atoms with Gasteiger partial charge < -0.3 is 0 Å². The summed E-state index contributed by atoms with van der Waals surface area (Å²) in [6, 6.07) is 12.2. The Morgan fingerprint density at radius 2 is 1.52 bits per heavy atom. The number of nitriles is 1. The van der Waals surface area contributed by atoms with Gasteiger partial charge in [-0.05, 0) is 47.9 Å². The third-order valence-corrected chi connectivity index (χ3v) is 5.97. The molecule has 3 rings (SSSR count). The molecule has 1 aliphatic carbocycles. The second kappa shape index (κ2) is 9.13. The number of aryl methyl sites for hydroxylation is 1. The van der Waals surface area contributed by atoms with Gasteiger partial charge in [0.2, 0.25) is 0 Å². The number of hydrogen-bond donors (Lipinski definition) is 0. The van der Waals surface area contributed by atoms with Crippen molar-refractivity contribution in [1.82, 2.24) is 0 Å². The van der Waals surface area contributed by atoms with E-state index in [0.29, 0.717) is 5.56 Å². The molecule has 0 amide bonds. The van der Waals surface area contributed by atoms with Crippen molar-refractivity contribution in [2.75, 3.05) is 0 Å². The van der Waals surface area contributed by atoms with Crippen molar-refractivity contribution >= 4 is 0 Å². The second-order valence-electron chi connectivity index (χ2n) is 7.81. The van der Waals surface area contributed by atoms with E-state index in [1.165, 1.54) is 62.6 Å². The van der Waals surface area contributed by atoms with Crippen LogP contribution in [0.25, 0.3) is 11.1 Å². The second-order valence-corrected chi connectivity index (χ2v) is 7.81. The summed E-state index contributed by atoms with van der Waals surface area (Å²) in [5.41, 5.74) is 1.82. The van der Waals surface area contributed by atoms with Crippen LogP contribution >= 0.6 is 0 Å². The van der Waals surface area contributed by atoms with Gasteiger partial charge in [-0.25, -0.2) is 8.78 Å². The zero-order valence-corrected chi connectivity index (χ0v) is 16.0. The van der Waals surface area contributed by atoms with Crippen molar-refractivity contribution in [2.24, 2.45) is 11.8 Å². The fraction of sp³-hybridized carbons (Fsp3) is 0.458. The van der Waals surface area contributed by atoms with Crippen molar-refractivity contribution in [2.45, 2.75) is 58.3 Å². The van der Waals surface area contributed by atoms with E-state index in [4.69, 9.17) is 5.26 Å². The third kappa shape index (κ3) is 4.75. The summed E-state index contributed by atoms with van der Waals surface area (Å²) in [5, 5.41) is 8.79. The highest BCUT2D eigenvalue weighted by molar-refractivity contribution is 5.65. The predicted octanol–water partition coefficient (Wildman–Crippen LogP) is 7.04. The largest absolute Gasteiger partial charge is 0.203 e. The Balaban J connectivity index is 1.59. The predicted molar refractivity (Wildman–Crippen MR) is 105 cm³/mol. The number of benzene rings is 2. The monoisotopic (exact) mass is 367 g/mol. The van der Waals surface area contributed by atoms with Crippen LogP contribution in [0.2, 0.25) is 0 Å². The van der Waals surface area contributed by atoms with Crippen molar-refractivity contribution in [3.8, 4) is 17.2 Å². The van der Waals surface area contributed by atoms with Crippen LogP contribution < -0.4 is 0 Å². The molecule has 0 aliphatic heterocycles. The quantitative estimate of drug-likeness (QED) is 0.537. The standard InChI is InChI=1S/C24H27F2N/c1-2-3-17-4-6-18(7-5-17)8-9-19-10-12-20(13-11-19)22-15-14-21(16-27)23(25)24(22)26/h10-15,17-18H,2-9H2,1H3. The molecule has 0 unspecified atom stereocenters. The van der Waals surface area contributed by atoms with Gasteiger partial charge in [0.1, 0.15) is 6.07 Å². The number of rotatable bonds is 6. The zero-order chi connectivity index (χ0) is 19.2. The van der Waals surface area contributed by atoms with Crippen LogP contribution in [0.3, 0.4) is 0 Å². The lowest BCUT2D eigenvalue weighted by molar-refractivity contribution is 0.252. The summed E-state index contributed by atoms with van der Waals surface area (Å²) in [6.07, 6.45) is 10.4. The van der Waals surface area contributed by atoms with Crippen LogP contribution in [0.1, 0.15) is 63.0 Å². The summed E-state index contributed by atoms with van der Waals surface area (Å²) in [4.78, 5) is 0. The number of halogens is 2. The van der Waals surface area contributed by atoms with E-state index in [-0.39, 0.29) is 11.1 Å². The van der Waals surface area contributed by atoms with Gasteiger partial charge in [0, 0.05) is 5.56 Å². The van der Waals surface area contributed by atoms with Crippen LogP contribution in [0.4, 0.5) is 8.78 Å². The molecule has 1 aliphatic rings. The van der Waals surface area contributed by atoms with Gasteiger partial charge in [-0.3, -0.25) is 0 Å². The summed E-state index contributed by atoms with van der Waals surface area (Å²) in [6.45, 7) is 2.27. The van der Waals surface area contributed by atoms with E-state index in [2.05, 4.69) is 6.92 Å². The van der Waals surface area contributed by atoms with Crippen LogP contribution in [0, 0.1) is 34.8 Å². The minimum atomic E-state index is -1.07. The van der Waals surface area contributed by atoms with Gasteiger partial charge in [-0.2, -0.15) is 5.26 Å². The van der Waals surface area contributed by atoms with Gasteiger partial charge in [0.25, 0.3) is 0 Å². The summed E-state index contributed by atoms with van der Waals surface area (Å²) in [7, 11) is 0. The van der Waals surface area contributed by atoms with E-state index >= 15 is 0 Å². The highest BCUT2D eigenvalue weighted by Crippen LogP contribution is 2.34. The molecular weight excluding hydrogens is 340 g/mol. The van der Waals surface area contributed by atoms with Crippen LogP contribution in [-0.2, 0) is 6.42 Å². The first-order valence-corrected chi connectivity index (χ1v) is 10.1. The minimum absolute atomic E-state index is 0.201. The molecule has 0 N–H and O–H groups in total. The molecule has 142 valence electrons. The normalized spacial score (nSPS) is 19.6. The molecule has 3 heteroatoms. The summed E-state index contributed by atoms with van der Waals surface area (Å²) >= 11 is 0. The van der Waals surface area contributed by atoms with E-state index in [9.17, 15) is 8.78 Å². The smallest absolute Gasteiger partial charge is 0.177 e. The molecular formula is C24H27F2N. The molecule has 0 saturated heterocycles. The molecule has 0 bridgehead atoms. The maximum absolute atomic E-state index is 14.2. The molecule has 2 aromatic carbocycles. The van der Waals surface area contributed by atoms with E-state index < -0.39 is 11.6 Å². The summed E-state index contributed by atoms with van der Waals surface area (Å²) in [5.74, 6) is -0.264. The molecule has 1 fully saturated rings. The Kier molecular flexibility index (Phi) is 6.61. The van der Waals surface area contributed by atoms with Crippen molar-refractivity contribution in [3.63, 3.8) is 0 Å². The molecule has 0 atom stereocenters. The number of nitrogens with zero attached hydrogens (tertiary/aromatic N) is 1. The fourth-order valence-electron chi connectivity index (χ4n) is 4.30. The van der Waals surface area contributed by atoms with Gasteiger partial charge in [-0.1, -0.05) is 69.7 Å². The average molecular weight is 367 g/mol. The van der Waals surface area contributed by atoms with E-state index in [1.54, 1.807) is 6.07 Å². The topological polar surface area (TPSA) is 23.8 Å². The highest BCUT2D eigenvalue weighted by atomic mass is 19.2.